The number of hydrogen-bond donors (Lipinski definition) is 2. The topological polar surface area (TPSA) is 51.2 Å². The molecular formula is C14H15FN2OS. The highest BCUT2D eigenvalue weighted by molar-refractivity contribution is 7.80. The highest BCUT2D eigenvalue weighted by Gasteiger charge is 2.12. The Morgan fingerprint density at radius 3 is 2.63 bits per heavy atom. The summed E-state index contributed by atoms with van der Waals surface area (Å²) in [4.78, 5) is 0.181. The van der Waals surface area contributed by atoms with E-state index in [-0.39, 0.29) is 16.8 Å². The minimum Gasteiger partial charge on any atom is -0.464 e. The average Bonchev–Trinajstić information content (AvgIpc) is 2.78. The number of furan rings is 1. The van der Waals surface area contributed by atoms with E-state index in [1.807, 2.05) is 26.0 Å². The van der Waals surface area contributed by atoms with Crippen LogP contribution in [-0.2, 0) is 0 Å². The summed E-state index contributed by atoms with van der Waals surface area (Å²) in [5, 5.41) is 3.05. The summed E-state index contributed by atoms with van der Waals surface area (Å²) in [6, 6.07) is 8.25. The van der Waals surface area contributed by atoms with Crippen LogP contribution in [0.3, 0.4) is 0 Å². The van der Waals surface area contributed by atoms with Crippen LogP contribution in [0, 0.1) is 12.7 Å². The van der Waals surface area contributed by atoms with Crippen LogP contribution < -0.4 is 11.1 Å². The largest absolute Gasteiger partial charge is 0.464 e. The number of nitrogens with two attached hydrogens (primary N) is 1. The van der Waals surface area contributed by atoms with Gasteiger partial charge in [-0.1, -0.05) is 12.2 Å². The molecular weight excluding hydrogens is 263 g/mol. The maximum Gasteiger partial charge on any atom is 0.147 e. The normalized spacial score (nSPS) is 12.2. The third kappa shape index (κ3) is 3.12. The maximum absolute atomic E-state index is 13.9. The van der Waals surface area contributed by atoms with Crippen LogP contribution >= 0.6 is 12.2 Å². The summed E-state index contributed by atoms with van der Waals surface area (Å²) in [5.74, 6) is 1.20. The van der Waals surface area contributed by atoms with Crippen LogP contribution in [0.5, 0.6) is 0 Å². The monoisotopic (exact) mass is 278 g/mol. The molecule has 3 nitrogen and oxygen atoms in total. The van der Waals surface area contributed by atoms with Crippen molar-refractivity contribution in [2.45, 2.75) is 19.9 Å². The third-order valence-corrected chi connectivity index (χ3v) is 3.05. The van der Waals surface area contributed by atoms with E-state index in [0.29, 0.717) is 11.3 Å². The third-order valence-electron chi connectivity index (χ3n) is 2.81. The zero-order valence-corrected chi connectivity index (χ0v) is 11.6. The van der Waals surface area contributed by atoms with Crippen molar-refractivity contribution in [2.75, 3.05) is 5.32 Å². The summed E-state index contributed by atoms with van der Waals surface area (Å²) in [7, 11) is 0. The smallest absolute Gasteiger partial charge is 0.147 e. The SMILES string of the molecule is Cc1ccc(C(C)Nc2ccc(C(N)=S)cc2F)o1. The first kappa shape index (κ1) is 13.5. The molecule has 0 fully saturated rings. The Morgan fingerprint density at radius 2 is 2.11 bits per heavy atom. The van der Waals surface area contributed by atoms with E-state index >= 15 is 0 Å². The number of nitrogens with one attached hydrogen (secondary N) is 1. The number of benzene rings is 1. The van der Waals surface area contributed by atoms with Gasteiger partial charge in [0.05, 0.1) is 11.7 Å². The van der Waals surface area contributed by atoms with E-state index < -0.39 is 0 Å². The molecule has 0 bridgehead atoms. The molecule has 2 rings (SSSR count). The molecule has 0 aliphatic rings. The Hall–Kier alpha value is -1.88. The molecule has 0 spiro atoms. The second-order valence-corrected chi connectivity index (χ2v) is 4.81. The molecule has 0 saturated heterocycles. The van der Waals surface area contributed by atoms with E-state index in [9.17, 15) is 4.39 Å². The zero-order chi connectivity index (χ0) is 14.0. The van der Waals surface area contributed by atoms with Crippen LogP contribution in [0.25, 0.3) is 0 Å². The van der Waals surface area contributed by atoms with Crippen molar-refractivity contribution in [1.29, 1.82) is 0 Å². The number of anilines is 1. The fourth-order valence-electron chi connectivity index (χ4n) is 1.78. The summed E-state index contributed by atoms with van der Waals surface area (Å²) in [6.45, 7) is 3.77. The predicted molar refractivity (Wildman–Crippen MR) is 77.8 cm³/mol. The van der Waals surface area contributed by atoms with Gasteiger partial charge >= 0.3 is 0 Å². The van der Waals surface area contributed by atoms with Gasteiger partial charge in [-0.3, -0.25) is 0 Å². The molecule has 0 aliphatic carbocycles. The molecule has 1 aromatic heterocycles. The first-order valence-electron chi connectivity index (χ1n) is 5.89. The van der Waals surface area contributed by atoms with Crippen LogP contribution in [0.4, 0.5) is 10.1 Å². The number of thiocarbonyl (C=S) groups is 1. The second kappa shape index (κ2) is 5.40. The van der Waals surface area contributed by atoms with E-state index in [4.69, 9.17) is 22.4 Å². The number of rotatable bonds is 4. The maximum atomic E-state index is 13.9. The average molecular weight is 278 g/mol. The van der Waals surface area contributed by atoms with Gasteiger partial charge in [-0.05, 0) is 44.2 Å². The molecule has 1 unspecified atom stereocenters. The minimum atomic E-state index is -0.388. The fraction of sp³-hybridized carbons (Fsp3) is 0.214. The fourth-order valence-corrected chi connectivity index (χ4v) is 1.90. The Labute approximate surface area is 116 Å². The molecule has 5 heteroatoms. The lowest BCUT2D eigenvalue weighted by Crippen LogP contribution is -2.11. The van der Waals surface area contributed by atoms with Gasteiger partial charge in [0.15, 0.2) is 0 Å². The van der Waals surface area contributed by atoms with E-state index in [0.717, 1.165) is 11.5 Å². The Balaban J connectivity index is 2.17. The Bertz CT molecular complexity index is 609. The van der Waals surface area contributed by atoms with Gasteiger partial charge in [-0.2, -0.15) is 0 Å². The second-order valence-electron chi connectivity index (χ2n) is 4.37. The first-order chi connectivity index (χ1) is 8.97. The van der Waals surface area contributed by atoms with Crippen LogP contribution in [-0.4, -0.2) is 4.99 Å². The summed E-state index contributed by atoms with van der Waals surface area (Å²) in [6.07, 6.45) is 0. The summed E-state index contributed by atoms with van der Waals surface area (Å²) in [5.41, 5.74) is 6.36. The summed E-state index contributed by atoms with van der Waals surface area (Å²) >= 11 is 4.81. The van der Waals surface area contributed by atoms with Crippen LogP contribution in [0.15, 0.2) is 34.7 Å². The number of aryl methyl sites for hydroxylation is 1. The van der Waals surface area contributed by atoms with Gasteiger partial charge in [0.1, 0.15) is 22.3 Å². The Kier molecular flexibility index (Phi) is 3.85. The number of hydrogen-bond acceptors (Lipinski definition) is 3. The van der Waals surface area contributed by atoms with Crippen molar-refractivity contribution in [1.82, 2.24) is 0 Å². The quantitative estimate of drug-likeness (QED) is 0.840. The van der Waals surface area contributed by atoms with E-state index in [1.54, 1.807) is 12.1 Å². The molecule has 3 N–H and O–H groups in total. The molecule has 1 heterocycles. The molecule has 1 atom stereocenters. The van der Waals surface area contributed by atoms with Gasteiger partial charge < -0.3 is 15.5 Å². The van der Waals surface area contributed by atoms with Crippen molar-refractivity contribution < 1.29 is 8.81 Å². The molecule has 0 aliphatic heterocycles. The molecule has 0 radical (unpaired) electrons. The lowest BCUT2D eigenvalue weighted by Gasteiger charge is -2.14. The first-order valence-corrected chi connectivity index (χ1v) is 6.30. The van der Waals surface area contributed by atoms with Crippen LogP contribution in [0.2, 0.25) is 0 Å². The molecule has 100 valence electrons. The standard InChI is InChI=1S/C14H15FN2OS/c1-8-3-6-13(18-8)9(2)17-12-5-4-10(14(16)19)7-11(12)15/h3-7,9,17H,1-2H3,(H2,16,19). The van der Waals surface area contributed by atoms with Crippen molar-refractivity contribution in [3.8, 4) is 0 Å². The van der Waals surface area contributed by atoms with Gasteiger partial charge in [0.2, 0.25) is 0 Å². The molecule has 0 saturated carbocycles. The molecule has 1 aromatic carbocycles. The predicted octanol–water partition coefficient (Wildman–Crippen LogP) is 3.53. The summed E-state index contributed by atoms with van der Waals surface area (Å²) < 4.78 is 19.4. The molecule has 2 aromatic rings. The Morgan fingerprint density at radius 1 is 1.37 bits per heavy atom. The lowest BCUT2D eigenvalue weighted by molar-refractivity contribution is 0.466. The highest BCUT2D eigenvalue weighted by atomic mass is 32.1. The van der Waals surface area contributed by atoms with Crippen molar-refractivity contribution >= 4 is 22.9 Å². The molecule has 0 amide bonds. The van der Waals surface area contributed by atoms with Gasteiger partial charge in [-0.15, -0.1) is 0 Å². The molecule has 19 heavy (non-hydrogen) atoms. The van der Waals surface area contributed by atoms with Gasteiger partial charge in [-0.25, -0.2) is 4.39 Å². The van der Waals surface area contributed by atoms with Crippen molar-refractivity contribution in [2.24, 2.45) is 5.73 Å². The number of halogens is 1. The zero-order valence-electron chi connectivity index (χ0n) is 10.7. The van der Waals surface area contributed by atoms with Gasteiger partial charge in [0.25, 0.3) is 0 Å². The van der Waals surface area contributed by atoms with Crippen molar-refractivity contribution in [3.63, 3.8) is 0 Å². The lowest BCUT2D eigenvalue weighted by atomic mass is 10.1. The van der Waals surface area contributed by atoms with E-state index in [1.165, 1.54) is 6.07 Å². The minimum absolute atomic E-state index is 0.126. The van der Waals surface area contributed by atoms with E-state index in [2.05, 4.69) is 5.32 Å². The highest BCUT2D eigenvalue weighted by Crippen LogP contribution is 2.23. The van der Waals surface area contributed by atoms with Crippen LogP contribution in [0.1, 0.15) is 30.0 Å². The van der Waals surface area contributed by atoms with Crippen molar-refractivity contribution in [3.05, 3.63) is 53.2 Å². The van der Waals surface area contributed by atoms with Gasteiger partial charge in [0, 0.05) is 5.56 Å².